The lowest BCUT2D eigenvalue weighted by Gasteiger charge is -2.15. The molecule has 0 saturated carbocycles. The number of guanidine groups is 1. The van der Waals surface area contributed by atoms with Crippen LogP contribution in [0.15, 0.2) is 35.6 Å². The molecule has 0 aliphatic rings. The largest absolute Gasteiger partial charge is 0.490 e. The van der Waals surface area contributed by atoms with Crippen LogP contribution in [0.4, 0.5) is 8.78 Å². The van der Waals surface area contributed by atoms with Crippen LogP contribution in [0.25, 0.3) is 0 Å². The molecular formula is C20H29F2N5O2. The number of aromatic nitrogens is 2. The molecule has 1 aromatic heterocycles. The van der Waals surface area contributed by atoms with Crippen LogP contribution in [0.3, 0.4) is 0 Å². The third kappa shape index (κ3) is 7.59. The molecule has 0 fully saturated rings. The molecular weight excluding hydrogens is 380 g/mol. The Morgan fingerprint density at radius 2 is 2.10 bits per heavy atom. The van der Waals surface area contributed by atoms with Gasteiger partial charge in [-0.2, -0.15) is 13.9 Å². The van der Waals surface area contributed by atoms with Crippen molar-refractivity contribution >= 4 is 5.96 Å². The minimum absolute atomic E-state index is 0.0259. The summed E-state index contributed by atoms with van der Waals surface area (Å²) < 4.78 is 37.7. The summed E-state index contributed by atoms with van der Waals surface area (Å²) in [5, 5.41) is 10.7. The Balaban J connectivity index is 2.00. The number of aryl methyl sites for hydroxylation is 2. The number of rotatable bonds is 11. The van der Waals surface area contributed by atoms with Crippen LogP contribution >= 0.6 is 0 Å². The van der Waals surface area contributed by atoms with Crippen LogP contribution in [-0.4, -0.2) is 42.0 Å². The normalized spacial score (nSPS) is 11.6. The summed E-state index contributed by atoms with van der Waals surface area (Å²) in [6.07, 6.45) is 4.69. The van der Waals surface area contributed by atoms with Crippen molar-refractivity contribution in [1.29, 1.82) is 0 Å². The maximum absolute atomic E-state index is 12.8. The van der Waals surface area contributed by atoms with Crippen molar-refractivity contribution < 1.29 is 18.3 Å². The maximum Gasteiger partial charge on any atom is 0.387 e. The van der Waals surface area contributed by atoms with Crippen molar-refractivity contribution in [2.45, 2.75) is 46.9 Å². The lowest BCUT2D eigenvalue weighted by atomic mass is 10.2. The molecule has 0 bridgehead atoms. The summed E-state index contributed by atoms with van der Waals surface area (Å²) in [6.45, 7) is 5.53. The highest BCUT2D eigenvalue weighted by atomic mass is 19.3. The lowest BCUT2D eigenvalue weighted by molar-refractivity contribution is -0.0520. The van der Waals surface area contributed by atoms with E-state index in [9.17, 15) is 8.78 Å². The third-order valence-corrected chi connectivity index (χ3v) is 3.94. The molecule has 2 N–H and O–H groups in total. The van der Waals surface area contributed by atoms with E-state index in [1.165, 1.54) is 0 Å². The van der Waals surface area contributed by atoms with Gasteiger partial charge in [-0.15, -0.1) is 0 Å². The highest BCUT2D eigenvalue weighted by molar-refractivity contribution is 5.79. The third-order valence-electron chi connectivity index (χ3n) is 3.94. The number of ether oxygens (including phenoxy) is 2. The van der Waals surface area contributed by atoms with E-state index in [-0.39, 0.29) is 18.0 Å². The van der Waals surface area contributed by atoms with Crippen molar-refractivity contribution in [2.24, 2.45) is 4.99 Å². The number of nitrogens with zero attached hydrogens (tertiary/aromatic N) is 3. The molecule has 2 rings (SSSR count). The van der Waals surface area contributed by atoms with Gasteiger partial charge in [-0.25, -0.2) is 4.99 Å². The van der Waals surface area contributed by atoms with Gasteiger partial charge >= 0.3 is 6.61 Å². The number of aliphatic imine (C=N–C) groups is 1. The van der Waals surface area contributed by atoms with Crippen LogP contribution in [0.5, 0.6) is 11.5 Å². The van der Waals surface area contributed by atoms with Crippen molar-refractivity contribution in [3.05, 3.63) is 41.7 Å². The van der Waals surface area contributed by atoms with Crippen LogP contribution in [-0.2, 0) is 13.1 Å². The number of hydrogen-bond donors (Lipinski definition) is 2. The first-order valence-corrected chi connectivity index (χ1v) is 9.74. The SMILES string of the molecule is CCNC(=NCc1cccc(OCC)c1OC(F)F)NCCCn1cc(C)cn1. The molecule has 9 heteroatoms. The van der Waals surface area contributed by atoms with Gasteiger partial charge in [0.15, 0.2) is 17.5 Å². The van der Waals surface area contributed by atoms with Crippen molar-refractivity contribution in [3.8, 4) is 11.5 Å². The van der Waals surface area contributed by atoms with Crippen LogP contribution < -0.4 is 20.1 Å². The Morgan fingerprint density at radius 3 is 2.76 bits per heavy atom. The topological polar surface area (TPSA) is 72.7 Å². The number of alkyl halides is 2. The Hall–Kier alpha value is -2.84. The highest BCUT2D eigenvalue weighted by Gasteiger charge is 2.15. The minimum atomic E-state index is -2.93. The van der Waals surface area contributed by atoms with Gasteiger partial charge in [-0.1, -0.05) is 12.1 Å². The van der Waals surface area contributed by atoms with E-state index in [1.807, 2.05) is 30.9 Å². The van der Waals surface area contributed by atoms with Gasteiger partial charge in [0.25, 0.3) is 0 Å². The molecule has 2 aromatic rings. The lowest BCUT2D eigenvalue weighted by Crippen LogP contribution is -2.38. The Morgan fingerprint density at radius 1 is 1.28 bits per heavy atom. The molecule has 0 spiro atoms. The maximum atomic E-state index is 12.8. The molecule has 0 amide bonds. The van der Waals surface area contributed by atoms with E-state index in [1.54, 1.807) is 25.1 Å². The van der Waals surface area contributed by atoms with Gasteiger partial charge in [0.05, 0.1) is 19.3 Å². The van der Waals surface area contributed by atoms with Gasteiger partial charge in [0.2, 0.25) is 0 Å². The second-order valence-corrected chi connectivity index (χ2v) is 6.31. The Bertz CT molecular complexity index is 780. The minimum Gasteiger partial charge on any atom is -0.490 e. The molecule has 0 aliphatic heterocycles. The fraction of sp³-hybridized carbons (Fsp3) is 0.500. The molecule has 0 aliphatic carbocycles. The molecule has 1 heterocycles. The molecule has 29 heavy (non-hydrogen) atoms. The van der Waals surface area contributed by atoms with Gasteiger partial charge in [-0.05, 0) is 38.8 Å². The van der Waals surface area contributed by atoms with E-state index in [0.29, 0.717) is 31.2 Å². The van der Waals surface area contributed by atoms with Crippen LogP contribution in [0.2, 0.25) is 0 Å². The second kappa shape index (κ2) is 11.9. The van der Waals surface area contributed by atoms with Gasteiger partial charge in [0, 0.05) is 31.4 Å². The van der Waals surface area contributed by atoms with Crippen LogP contribution in [0, 0.1) is 6.92 Å². The number of para-hydroxylation sites is 1. The van der Waals surface area contributed by atoms with E-state index in [0.717, 1.165) is 18.5 Å². The van der Waals surface area contributed by atoms with Gasteiger partial charge in [0.1, 0.15) is 0 Å². The van der Waals surface area contributed by atoms with Crippen LogP contribution in [0.1, 0.15) is 31.4 Å². The summed E-state index contributed by atoms with van der Waals surface area (Å²) >= 11 is 0. The average Bonchev–Trinajstić information content (AvgIpc) is 3.10. The van der Waals surface area contributed by atoms with Crippen molar-refractivity contribution in [3.63, 3.8) is 0 Å². The Labute approximate surface area is 170 Å². The number of halogens is 2. The number of nitrogens with one attached hydrogen (secondary N) is 2. The zero-order valence-corrected chi connectivity index (χ0v) is 17.1. The second-order valence-electron chi connectivity index (χ2n) is 6.31. The summed E-state index contributed by atoms with van der Waals surface area (Å²) in [7, 11) is 0. The standard InChI is InChI=1S/C20H29F2N5O2/c1-4-23-20(24-10-7-11-27-14-15(3)12-26-27)25-13-16-8-6-9-17(28-5-2)18(16)29-19(21)22/h6,8-9,12,14,19H,4-5,7,10-11,13H2,1-3H3,(H2,23,24,25). The van der Waals surface area contributed by atoms with E-state index in [2.05, 4.69) is 20.7 Å². The molecule has 0 atom stereocenters. The first-order chi connectivity index (χ1) is 14.0. The smallest absolute Gasteiger partial charge is 0.387 e. The highest BCUT2D eigenvalue weighted by Crippen LogP contribution is 2.33. The zero-order valence-electron chi connectivity index (χ0n) is 17.1. The molecule has 1 aromatic carbocycles. The number of benzene rings is 1. The summed E-state index contributed by atoms with van der Waals surface area (Å²) in [5.41, 5.74) is 1.66. The van der Waals surface area contributed by atoms with Crippen molar-refractivity contribution in [1.82, 2.24) is 20.4 Å². The molecule has 7 nitrogen and oxygen atoms in total. The van der Waals surface area contributed by atoms with Crippen molar-refractivity contribution in [2.75, 3.05) is 19.7 Å². The summed E-state index contributed by atoms with van der Waals surface area (Å²) in [5.74, 6) is 0.917. The first kappa shape index (κ1) is 22.4. The average molecular weight is 409 g/mol. The van der Waals surface area contributed by atoms with E-state index in [4.69, 9.17) is 9.47 Å². The van der Waals surface area contributed by atoms with Gasteiger partial charge < -0.3 is 20.1 Å². The molecule has 0 radical (unpaired) electrons. The fourth-order valence-corrected chi connectivity index (χ4v) is 2.72. The Kier molecular flexibility index (Phi) is 9.20. The summed E-state index contributed by atoms with van der Waals surface area (Å²) in [6, 6.07) is 5.04. The van der Waals surface area contributed by atoms with E-state index >= 15 is 0 Å². The summed E-state index contributed by atoms with van der Waals surface area (Å²) in [4.78, 5) is 4.49. The zero-order chi connectivity index (χ0) is 21.1. The van der Waals surface area contributed by atoms with E-state index < -0.39 is 6.61 Å². The monoisotopic (exact) mass is 409 g/mol. The number of hydrogen-bond acceptors (Lipinski definition) is 4. The predicted molar refractivity (Wildman–Crippen MR) is 109 cm³/mol. The molecule has 160 valence electrons. The predicted octanol–water partition coefficient (Wildman–Crippen LogP) is 3.34. The fourth-order valence-electron chi connectivity index (χ4n) is 2.72. The first-order valence-electron chi connectivity index (χ1n) is 9.74. The quantitative estimate of drug-likeness (QED) is 0.338. The van der Waals surface area contributed by atoms with Gasteiger partial charge in [-0.3, -0.25) is 4.68 Å². The molecule has 0 unspecified atom stereocenters. The molecule has 0 saturated heterocycles.